The van der Waals surface area contributed by atoms with Gasteiger partial charge in [0, 0.05) is 0 Å². The number of aliphatic carboxylic acids is 1. The number of hydrogen-bond acceptors (Lipinski definition) is 3. The van der Waals surface area contributed by atoms with E-state index in [1.807, 2.05) is 0 Å². The van der Waals surface area contributed by atoms with Crippen LogP contribution >= 0.6 is 11.6 Å². The molecule has 4 nitrogen and oxygen atoms in total. The van der Waals surface area contributed by atoms with Crippen LogP contribution in [-0.4, -0.2) is 21.5 Å². The summed E-state index contributed by atoms with van der Waals surface area (Å²) in [4.78, 5) is 9.51. The Hall–Kier alpha value is -0.770. The summed E-state index contributed by atoms with van der Waals surface area (Å²) >= 11 is 4.70. The number of carboxylic acid groups (broad SMARTS) is 1. The van der Waals surface area contributed by atoms with Gasteiger partial charge in [-0.15, -0.1) is 0 Å². The molecule has 0 heterocycles. The van der Waals surface area contributed by atoms with E-state index in [0.29, 0.717) is 0 Å². The molecule has 0 aromatic rings. The molecule has 0 bridgehead atoms. The molecule has 0 aliphatic heterocycles. The van der Waals surface area contributed by atoms with Crippen molar-refractivity contribution in [1.29, 1.82) is 0 Å². The van der Waals surface area contributed by atoms with Crippen molar-refractivity contribution in [2.45, 2.75) is 0 Å². The molecule has 0 amide bonds. The van der Waals surface area contributed by atoms with Gasteiger partial charge in [0.25, 0.3) is 5.17 Å². The smallest absolute Gasteiger partial charge is 0.369 e. The number of oxime groups is 1. The first-order chi connectivity index (χ1) is 3.18. The minimum Gasteiger partial charge on any atom is -0.476 e. The number of nitrogens with zero attached hydrogens (tertiary/aromatic N) is 1. The summed E-state index contributed by atoms with van der Waals surface area (Å²) in [7, 11) is 0. The lowest BCUT2D eigenvalue weighted by Gasteiger charge is -1.78. The van der Waals surface area contributed by atoms with Crippen molar-refractivity contribution in [2.75, 3.05) is 0 Å². The molecular formula is C2H2ClNO3. The summed E-state index contributed by atoms with van der Waals surface area (Å²) in [5, 5.41) is 16.7. The van der Waals surface area contributed by atoms with Gasteiger partial charge in [-0.05, 0) is 0 Å². The molecule has 0 aromatic carbocycles. The normalized spacial score (nSPS) is 11.3. The maximum absolute atomic E-state index is 9.51. The van der Waals surface area contributed by atoms with Crippen molar-refractivity contribution < 1.29 is 15.1 Å². The van der Waals surface area contributed by atoms with Crippen LogP contribution in [0.1, 0.15) is 0 Å². The fourth-order valence-electron chi connectivity index (χ4n) is 0.0428. The fourth-order valence-corrected chi connectivity index (χ4v) is 0.0428. The third kappa shape index (κ3) is 1.99. The van der Waals surface area contributed by atoms with Crippen LogP contribution in [0, 0.1) is 0 Å². The summed E-state index contributed by atoms with van der Waals surface area (Å²) < 4.78 is 0. The summed E-state index contributed by atoms with van der Waals surface area (Å²) in [6, 6.07) is 0. The third-order valence-corrected chi connectivity index (χ3v) is 0.502. The van der Waals surface area contributed by atoms with Gasteiger partial charge >= 0.3 is 5.97 Å². The Morgan fingerprint density at radius 3 is 2.14 bits per heavy atom. The molecule has 0 spiro atoms. The molecule has 0 unspecified atom stereocenters. The van der Waals surface area contributed by atoms with Gasteiger partial charge in [-0.2, -0.15) is 0 Å². The van der Waals surface area contributed by atoms with Crippen LogP contribution in [0.4, 0.5) is 0 Å². The Balaban J connectivity index is 3.82. The maximum Gasteiger partial charge on any atom is 0.369 e. The van der Waals surface area contributed by atoms with E-state index in [1.54, 1.807) is 0 Å². The highest BCUT2D eigenvalue weighted by molar-refractivity contribution is 6.81. The molecule has 5 heteroatoms. The zero-order valence-electron chi connectivity index (χ0n) is 3.13. The van der Waals surface area contributed by atoms with Crippen LogP contribution in [0.5, 0.6) is 0 Å². The quantitative estimate of drug-likeness (QED) is 0.295. The maximum atomic E-state index is 9.51. The van der Waals surface area contributed by atoms with E-state index in [-0.39, 0.29) is 0 Å². The Bertz CT molecular complexity index is 110. The van der Waals surface area contributed by atoms with E-state index in [9.17, 15) is 4.79 Å². The van der Waals surface area contributed by atoms with E-state index in [1.165, 1.54) is 0 Å². The van der Waals surface area contributed by atoms with E-state index in [0.717, 1.165) is 0 Å². The van der Waals surface area contributed by atoms with Crippen LogP contribution in [0.2, 0.25) is 0 Å². The van der Waals surface area contributed by atoms with Gasteiger partial charge in [-0.3, -0.25) is 0 Å². The zero-order chi connectivity index (χ0) is 5.86. The van der Waals surface area contributed by atoms with Crippen LogP contribution in [0.3, 0.4) is 0 Å². The van der Waals surface area contributed by atoms with Gasteiger partial charge in [0.05, 0.1) is 0 Å². The summed E-state index contributed by atoms with van der Waals surface area (Å²) in [5.41, 5.74) is 0. The van der Waals surface area contributed by atoms with Crippen LogP contribution in [0.25, 0.3) is 0 Å². The van der Waals surface area contributed by atoms with E-state index in [2.05, 4.69) is 5.16 Å². The Kier molecular flexibility index (Phi) is 2.15. The lowest BCUT2D eigenvalue weighted by Crippen LogP contribution is -2.03. The van der Waals surface area contributed by atoms with Crippen molar-refractivity contribution in [2.24, 2.45) is 5.16 Å². The Labute approximate surface area is 44.0 Å². The predicted octanol–water partition coefficient (Wildman–Crippen LogP) is 0.0975. The molecule has 0 aromatic heterocycles. The molecule has 0 aliphatic rings. The molecule has 2 N–H and O–H groups in total. The number of halogens is 1. The average Bonchev–Trinajstić information content (AvgIpc) is 1.65. The fraction of sp³-hybridized carbons (Fsp3) is 0. The first-order valence-electron chi connectivity index (χ1n) is 1.29. The third-order valence-electron chi connectivity index (χ3n) is 0.264. The highest BCUT2D eigenvalue weighted by Crippen LogP contribution is 1.80. The zero-order valence-corrected chi connectivity index (χ0v) is 3.88. The molecule has 0 aliphatic carbocycles. The van der Waals surface area contributed by atoms with E-state index in [4.69, 9.17) is 21.9 Å². The molecule has 0 saturated carbocycles. The molecular weight excluding hydrogens is 121 g/mol. The van der Waals surface area contributed by atoms with Crippen molar-refractivity contribution in [3.05, 3.63) is 0 Å². The largest absolute Gasteiger partial charge is 0.476 e. The standard InChI is InChI=1S/C2H2ClNO3/c3-1(4-7)2(5)6/h7H,(H,5,6). The monoisotopic (exact) mass is 123 g/mol. The summed E-state index contributed by atoms with van der Waals surface area (Å²) in [5.74, 6) is -1.44. The number of carboxylic acids is 1. The van der Waals surface area contributed by atoms with Gasteiger partial charge in [0.2, 0.25) is 0 Å². The number of hydrogen-bond donors (Lipinski definition) is 2. The summed E-state index contributed by atoms with van der Waals surface area (Å²) in [6.07, 6.45) is 0. The van der Waals surface area contributed by atoms with E-state index < -0.39 is 11.1 Å². The number of carbonyl (C=O) groups is 1. The van der Waals surface area contributed by atoms with E-state index >= 15 is 0 Å². The van der Waals surface area contributed by atoms with Gasteiger partial charge in [-0.1, -0.05) is 16.8 Å². The molecule has 0 atom stereocenters. The van der Waals surface area contributed by atoms with Crippen LogP contribution in [0.15, 0.2) is 5.16 Å². The van der Waals surface area contributed by atoms with Gasteiger partial charge in [0.1, 0.15) is 0 Å². The van der Waals surface area contributed by atoms with Gasteiger partial charge in [-0.25, -0.2) is 4.79 Å². The Morgan fingerprint density at radius 1 is 1.71 bits per heavy atom. The lowest BCUT2D eigenvalue weighted by molar-refractivity contribution is -0.129. The average molecular weight is 123 g/mol. The molecule has 0 fully saturated rings. The highest BCUT2D eigenvalue weighted by atomic mass is 35.5. The highest BCUT2D eigenvalue weighted by Gasteiger charge is 2.02. The van der Waals surface area contributed by atoms with Gasteiger partial charge in [0.15, 0.2) is 0 Å². The second-order valence-electron chi connectivity index (χ2n) is 0.696. The first-order valence-corrected chi connectivity index (χ1v) is 1.67. The second-order valence-corrected chi connectivity index (χ2v) is 1.05. The number of rotatable bonds is 1. The predicted molar refractivity (Wildman–Crippen MR) is 22.7 cm³/mol. The lowest BCUT2D eigenvalue weighted by atomic mass is 10.8. The molecule has 7 heavy (non-hydrogen) atoms. The topological polar surface area (TPSA) is 69.9 Å². The molecule has 0 rings (SSSR count). The summed E-state index contributed by atoms with van der Waals surface area (Å²) in [6.45, 7) is 0. The van der Waals surface area contributed by atoms with Crippen LogP contribution in [-0.2, 0) is 4.79 Å². The molecule has 40 valence electrons. The Morgan fingerprint density at radius 2 is 2.14 bits per heavy atom. The van der Waals surface area contributed by atoms with Crippen LogP contribution < -0.4 is 0 Å². The minimum absolute atomic E-state index is 0.833. The van der Waals surface area contributed by atoms with Crippen molar-refractivity contribution in [1.82, 2.24) is 0 Å². The minimum atomic E-state index is -1.44. The van der Waals surface area contributed by atoms with Gasteiger partial charge < -0.3 is 10.3 Å². The molecule has 0 saturated heterocycles. The SMILES string of the molecule is O=C(O)C(Cl)=NO. The molecule has 0 radical (unpaired) electrons. The van der Waals surface area contributed by atoms with Crippen molar-refractivity contribution >= 4 is 22.7 Å². The van der Waals surface area contributed by atoms with Crippen molar-refractivity contribution in [3.63, 3.8) is 0 Å². The first kappa shape index (κ1) is 6.23. The van der Waals surface area contributed by atoms with Crippen molar-refractivity contribution in [3.8, 4) is 0 Å². The second kappa shape index (κ2) is 2.41.